The summed E-state index contributed by atoms with van der Waals surface area (Å²) in [5, 5.41) is 10.6. The number of nitrogens with zero attached hydrogens (tertiary/aromatic N) is 3. The van der Waals surface area contributed by atoms with Crippen LogP contribution in [0.5, 0.6) is 0 Å². The highest BCUT2D eigenvalue weighted by molar-refractivity contribution is 5.75. The predicted octanol–water partition coefficient (Wildman–Crippen LogP) is -1.08. The third-order valence-corrected chi connectivity index (χ3v) is 2.07. The van der Waals surface area contributed by atoms with Crippen molar-refractivity contribution in [2.24, 2.45) is 0 Å². The zero-order valence-corrected chi connectivity index (χ0v) is 7.23. The molecular weight excluding hydrogens is 172 g/mol. The van der Waals surface area contributed by atoms with Crippen LogP contribution in [0.3, 0.4) is 0 Å². The van der Waals surface area contributed by atoms with E-state index in [0.717, 1.165) is 5.82 Å². The smallest absolute Gasteiger partial charge is 0.324 e. The van der Waals surface area contributed by atoms with Gasteiger partial charge in [0.15, 0.2) is 0 Å². The molecule has 0 aromatic carbocycles. The first-order valence-corrected chi connectivity index (χ1v) is 3.99. The normalized spacial score (nSPS) is 20.8. The van der Waals surface area contributed by atoms with Gasteiger partial charge in [0.2, 0.25) is 0 Å². The molecule has 0 saturated carbocycles. The lowest BCUT2D eigenvalue weighted by Gasteiger charge is -2.22. The number of rotatable bonds is 1. The second kappa shape index (κ2) is 3.14. The SMILES string of the molecule is COC(=O)C1Cn2cnnc2CN1. The van der Waals surface area contributed by atoms with Crippen LogP contribution in [0.4, 0.5) is 0 Å². The van der Waals surface area contributed by atoms with Crippen molar-refractivity contribution in [3.05, 3.63) is 12.2 Å². The Morgan fingerprint density at radius 3 is 3.46 bits per heavy atom. The maximum absolute atomic E-state index is 11.2. The van der Waals surface area contributed by atoms with E-state index >= 15 is 0 Å². The molecule has 0 spiro atoms. The molecule has 0 amide bonds. The van der Waals surface area contributed by atoms with E-state index in [4.69, 9.17) is 0 Å². The van der Waals surface area contributed by atoms with Gasteiger partial charge in [0, 0.05) is 0 Å². The Labute approximate surface area is 74.9 Å². The van der Waals surface area contributed by atoms with Gasteiger partial charge in [-0.05, 0) is 0 Å². The summed E-state index contributed by atoms with van der Waals surface area (Å²) in [5.74, 6) is 0.597. The van der Waals surface area contributed by atoms with E-state index in [1.54, 1.807) is 6.33 Å². The summed E-state index contributed by atoms with van der Waals surface area (Å²) in [6, 6.07) is -0.284. The fourth-order valence-electron chi connectivity index (χ4n) is 1.34. The fraction of sp³-hybridized carbons (Fsp3) is 0.571. The highest BCUT2D eigenvalue weighted by Gasteiger charge is 2.24. The Bertz CT molecular complexity index is 322. The maximum atomic E-state index is 11.2. The molecule has 0 saturated heterocycles. The van der Waals surface area contributed by atoms with Gasteiger partial charge in [-0.2, -0.15) is 0 Å². The number of fused-ring (bicyclic) bond motifs is 1. The van der Waals surface area contributed by atoms with Crippen molar-refractivity contribution < 1.29 is 9.53 Å². The van der Waals surface area contributed by atoms with Gasteiger partial charge in [0.1, 0.15) is 18.2 Å². The molecule has 1 aromatic heterocycles. The first kappa shape index (κ1) is 8.18. The van der Waals surface area contributed by atoms with Crippen molar-refractivity contribution in [1.82, 2.24) is 20.1 Å². The molecule has 0 aliphatic carbocycles. The molecule has 1 unspecified atom stereocenters. The molecule has 70 valence electrons. The van der Waals surface area contributed by atoms with Gasteiger partial charge in [-0.25, -0.2) is 0 Å². The van der Waals surface area contributed by atoms with Gasteiger partial charge in [-0.3, -0.25) is 10.1 Å². The zero-order valence-electron chi connectivity index (χ0n) is 7.23. The average molecular weight is 182 g/mol. The Kier molecular flexibility index (Phi) is 1.97. The molecule has 2 heterocycles. The Hall–Kier alpha value is -1.43. The van der Waals surface area contributed by atoms with Gasteiger partial charge in [-0.1, -0.05) is 0 Å². The summed E-state index contributed by atoms with van der Waals surface area (Å²) in [7, 11) is 1.38. The highest BCUT2D eigenvalue weighted by Crippen LogP contribution is 2.05. The second-order valence-electron chi connectivity index (χ2n) is 2.86. The first-order valence-electron chi connectivity index (χ1n) is 3.99. The minimum atomic E-state index is -0.284. The molecule has 1 N–H and O–H groups in total. The Morgan fingerprint density at radius 2 is 2.69 bits per heavy atom. The molecular formula is C7H10N4O2. The fourth-order valence-corrected chi connectivity index (χ4v) is 1.34. The number of hydrogen-bond donors (Lipinski definition) is 1. The van der Waals surface area contributed by atoms with Crippen LogP contribution in [-0.2, 0) is 22.6 Å². The number of aromatic nitrogens is 3. The Balaban J connectivity index is 2.13. The number of carbonyl (C=O) groups is 1. The van der Waals surface area contributed by atoms with Crippen LogP contribution in [0.1, 0.15) is 5.82 Å². The standard InChI is InChI=1S/C7H10N4O2/c1-13-7(12)5-3-11-4-9-10-6(11)2-8-5/h4-5,8H,2-3H2,1H3. The summed E-state index contributed by atoms with van der Waals surface area (Å²) in [6.07, 6.45) is 1.62. The lowest BCUT2D eigenvalue weighted by atomic mass is 10.2. The molecule has 0 radical (unpaired) electrons. The van der Waals surface area contributed by atoms with Crippen LogP contribution >= 0.6 is 0 Å². The number of methoxy groups -OCH3 is 1. The molecule has 13 heavy (non-hydrogen) atoms. The summed E-state index contributed by atoms with van der Waals surface area (Å²) >= 11 is 0. The van der Waals surface area contributed by atoms with Gasteiger partial charge in [-0.15, -0.1) is 10.2 Å². The lowest BCUT2D eigenvalue weighted by molar-refractivity contribution is -0.143. The monoisotopic (exact) mass is 182 g/mol. The number of hydrogen-bond acceptors (Lipinski definition) is 5. The topological polar surface area (TPSA) is 69.0 Å². The molecule has 1 aromatic rings. The van der Waals surface area contributed by atoms with E-state index in [2.05, 4.69) is 20.3 Å². The summed E-state index contributed by atoms with van der Waals surface area (Å²) < 4.78 is 6.47. The highest BCUT2D eigenvalue weighted by atomic mass is 16.5. The van der Waals surface area contributed by atoms with Crippen molar-refractivity contribution in [3.63, 3.8) is 0 Å². The third kappa shape index (κ3) is 1.40. The quantitative estimate of drug-likeness (QED) is 0.560. The summed E-state index contributed by atoms with van der Waals surface area (Å²) in [4.78, 5) is 11.2. The number of nitrogens with one attached hydrogen (secondary N) is 1. The van der Waals surface area contributed by atoms with E-state index in [1.807, 2.05) is 4.57 Å². The molecule has 2 rings (SSSR count). The third-order valence-electron chi connectivity index (χ3n) is 2.07. The molecule has 1 atom stereocenters. The number of esters is 1. The zero-order chi connectivity index (χ0) is 9.26. The van der Waals surface area contributed by atoms with Gasteiger partial charge in [0.25, 0.3) is 0 Å². The molecule has 0 fully saturated rings. The van der Waals surface area contributed by atoms with E-state index in [0.29, 0.717) is 13.1 Å². The predicted molar refractivity (Wildman–Crippen MR) is 42.7 cm³/mol. The number of carbonyl (C=O) groups excluding carboxylic acids is 1. The second-order valence-corrected chi connectivity index (χ2v) is 2.86. The van der Waals surface area contributed by atoms with Crippen LogP contribution in [0.15, 0.2) is 6.33 Å². The minimum Gasteiger partial charge on any atom is -0.468 e. The maximum Gasteiger partial charge on any atom is 0.324 e. The lowest BCUT2D eigenvalue weighted by Crippen LogP contribution is -2.44. The van der Waals surface area contributed by atoms with Crippen molar-refractivity contribution in [1.29, 1.82) is 0 Å². The van der Waals surface area contributed by atoms with E-state index in [-0.39, 0.29) is 12.0 Å². The molecule has 6 nitrogen and oxygen atoms in total. The van der Waals surface area contributed by atoms with Crippen molar-refractivity contribution in [2.45, 2.75) is 19.1 Å². The van der Waals surface area contributed by atoms with Crippen LogP contribution in [0, 0.1) is 0 Å². The van der Waals surface area contributed by atoms with Gasteiger partial charge >= 0.3 is 5.97 Å². The van der Waals surface area contributed by atoms with Crippen LogP contribution < -0.4 is 5.32 Å². The van der Waals surface area contributed by atoms with Gasteiger partial charge < -0.3 is 9.30 Å². The molecule has 1 aliphatic rings. The molecule has 1 aliphatic heterocycles. The largest absolute Gasteiger partial charge is 0.468 e. The molecule has 0 bridgehead atoms. The summed E-state index contributed by atoms with van der Waals surface area (Å²) in [6.45, 7) is 1.09. The van der Waals surface area contributed by atoms with Crippen LogP contribution in [-0.4, -0.2) is 33.9 Å². The van der Waals surface area contributed by atoms with Gasteiger partial charge in [0.05, 0.1) is 20.2 Å². The van der Waals surface area contributed by atoms with E-state index < -0.39 is 0 Å². The van der Waals surface area contributed by atoms with Crippen molar-refractivity contribution in [2.75, 3.05) is 7.11 Å². The summed E-state index contributed by atoms with van der Waals surface area (Å²) in [5.41, 5.74) is 0. The van der Waals surface area contributed by atoms with Crippen molar-refractivity contribution >= 4 is 5.97 Å². The minimum absolute atomic E-state index is 0.251. The number of ether oxygens (including phenoxy) is 1. The van der Waals surface area contributed by atoms with Crippen molar-refractivity contribution in [3.8, 4) is 0 Å². The Morgan fingerprint density at radius 1 is 1.85 bits per heavy atom. The molecule has 6 heteroatoms. The van der Waals surface area contributed by atoms with E-state index in [9.17, 15) is 4.79 Å². The first-order chi connectivity index (χ1) is 6.31. The van der Waals surface area contributed by atoms with Crippen LogP contribution in [0.2, 0.25) is 0 Å². The van der Waals surface area contributed by atoms with Crippen LogP contribution in [0.25, 0.3) is 0 Å². The van der Waals surface area contributed by atoms with E-state index in [1.165, 1.54) is 7.11 Å². The average Bonchev–Trinajstić information content (AvgIpc) is 2.63.